The Morgan fingerprint density at radius 3 is 1.66 bits per heavy atom. The summed E-state index contributed by atoms with van der Waals surface area (Å²) in [4.78, 5) is 53.4. The Balaban J connectivity index is 0.000000150. The van der Waals surface area contributed by atoms with Crippen LogP contribution in [-0.2, 0) is 19.2 Å². The van der Waals surface area contributed by atoms with E-state index < -0.39 is 0 Å². The molecule has 2 aliphatic heterocycles. The second-order valence-corrected chi connectivity index (χ2v) is 18.4. The number of Topliss-reactive ketones (excluding diaryl/α,β-unsaturated/α-hetero) is 2. The molecular weight excluding hydrogens is 584 g/mol. The van der Waals surface area contributed by atoms with E-state index in [-0.39, 0.29) is 33.5 Å². The van der Waals surface area contributed by atoms with Crippen LogP contribution in [0.3, 0.4) is 0 Å². The molecule has 258 valence electrons. The van der Waals surface area contributed by atoms with Crippen molar-refractivity contribution < 1.29 is 19.2 Å². The highest BCUT2D eigenvalue weighted by Crippen LogP contribution is 2.66. The molecule has 6 heteroatoms. The number of allylic oxidation sites excluding steroid dienone is 2. The molecule has 47 heavy (non-hydrogen) atoms. The van der Waals surface area contributed by atoms with Crippen molar-refractivity contribution in [3.8, 4) is 0 Å². The van der Waals surface area contributed by atoms with Gasteiger partial charge in [0.15, 0.2) is 0 Å². The molecule has 0 radical (unpaired) electrons. The van der Waals surface area contributed by atoms with E-state index in [9.17, 15) is 19.2 Å². The number of likely N-dealkylation sites (N-methyl/N-ethyl adjacent to an activating group) is 2. The summed E-state index contributed by atoms with van der Waals surface area (Å²) in [6.45, 7) is 13.3. The molecule has 11 atom stereocenters. The van der Waals surface area contributed by atoms with E-state index in [2.05, 4.69) is 34.6 Å². The van der Waals surface area contributed by atoms with Crippen molar-refractivity contribution in [3.63, 3.8) is 0 Å². The molecule has 0 aromatic rings. The summed E-state index contributed by atoms with van der Waals surface area (Å²) >= 11 is 0. The molecule has 8 aliphatic rings. The number of hydrogen-bond acceptors (Lipinski definition) is 4. The molecule has 6 aliphatic carbocycles. The average molecular weight is 645 g/mol. The van der Waals surface area contributed by atoms with Crippen molar-refractivity contribution in [2.75, 3.05) is 27.2 Å². The van der Waals surface area contributed by atoms with Crippen LogP contribution in [0, 0.1) is 63.1 Å². The van der Waals surface area contributed by atoms with Crippen molar-refractivity contribution >= 4 is 23.4 Å². The van der Waals surface area contributed by atoms with Crippen molar-refractivity contribution in [1.29, 1.82) is 0 Å². The van der Waals surface area contributed by atoms with Crippen LogP contribution in [0.4, 0.5) is 0 Å². The maximum Gasteiger partial charge on any atom is 0.246 e. The lowest BCUT2D eigenvalue weighted by Crippen LogP contribution is -2.51. The van der Waals surface area contributed by atoms with Crippen molar-refractivity contribution in [2.45, 2.75) is 118 Å². The lowest BCUT2D eigenvalue weighted by Gasteiger charge is -2.57. The fourth-order valence-electron chi connectivity index (χ4n) is 13.3. The Bertz CT molecular complexity index is 1430. The molecule has 8 rings (SSSR count). The van der Waals surface area contributed by atoms with E-state index in [1.54, 1.807) is 0 Å². The molecule has 2 amide bonds. The monoisotopic (exact) mass is 644 g/mol. The van der Waals surface area contributed by atoms with Gasteiger partial charge in [0.1, 0.15) is 11.6 Å². The van der Waals surface area contributed by atoms with Gasteiger partial charge in [0.05, 0.1) is 0 Å². The standard InChI is InChI=1S/C21H31NO2.C20H29NO2/c1-13-11-14-15-5-6-18(23)21(15,3)8-7-16(14)20(2)9-10-22(4)19(24)12-17(13)20;1-19-10-11-21(3)18(23)12-13(19)4-5-14-15-6-7-17(22)20(15,2)9-8-16(14)19/h12-16H,5-11H2,1-4H3;12,14-16H,4-11H2,1-3H3/t13?,14-,15-,16-,20+,21-;14-,15-,16-,19-,20-/m00/s1. The number of carbonyl (C=O) groups excluding carboxylic acids is 4. The number of nitrogens with zero attached hydrogens (tertiary/aromatic N) is 2. The van der Waals surface area contributed by atoms with E-state index in [1.165, 1.54) is 17.6 Å². The number of hydrogen-bond donors (Lipinski definition) is 0. The van der Waals surface area contributed by atoms with Gasteiger partial charge in [-0.05, 0) is 123 Å². The summed E-state index contributed by atoms with van der Waals surface area (Å²) in [6, 6.07) is 0. The Morgan fingerprint density at radius 2 is 1.06 bits per heavy atom. The second-order valence-electron chi connectivity index (χ2n) is 18.4. The summed E-state index contributed by atoms with van der Waals surface area (Å²) in [5.74, 6) is 5.65. The first-order valence-corrected chi connectivity index (χ1v) is 19.1. The van der Waals surface area contributed by atoms with Gasteiger partial charge >= 0.3 is 0 Å². The molecule has 6 fully saturated rings. The second kappa shape index (κ2) is 11.4. The minimum atomic E-state index is -0.0597. The van der Waals surface area contributed by atoms with E-state index in [1.807, 2.05) is 36.0 Å². The molecule has 1 unspecified atom stereocenters. The lowest BCUT2D eigenvalue weighted by atomic mass is 9.47. The smallest absolute Gasteiger partial charge is 0.246 e. The highest BCUT2D eigenvalue weighted by molar-refractivity contribution is 5.90. The fraction of sp³-hybridized carbons (Fsp3) is 0.805. The molecule has 0 aromatic carbocycles. The van der Waals surface area contributed by atoms with Crippen LogP contribution in [0.15, 0.2) is 23.3 Å². The fourth-order valence-corrected chi connectivity index (χ4v) is 13.3. The van der Waals surface area contributed by atoms with E-state index in [4.69, 9.17) is 0 Å². The molecule has 0 spiro atoms. The predicted molar refractivity (Wildman–Crippen MR) is 184 cm³/mol. The molecule has 0 bridgehead atoms. The number of carbonyl (C=O) groups is 4. The summed E-state index contributed by atoms with van der Waals surface area (Å²) in [5, 5.41) is 0. The summed E-state index contributed by atoms with van der Waals surface area (Å²) in [5.41, 5.74) is 2.98. The van der Waals surface area contributed by atoms with Crippen LogP contribution < -0.4 is 0 Å². The Morgan fingerprint density at radius 1 is 0.574 bits per heavy atom. The topological polar surface area (TPSA) is 74.8 Å². The van der Waals surface area contributed by atoms with E-state index in [0.717, 1.165) is 90.1 Å². The molecular formula is C41H60N2O4. The highest BCUT2D eigenvalue weighted by Gasteiger charge is 2.61. The molecule has 0 aromatic heterocycles. The minimum Gasteiger partial charge on any atom is -0.342 e. The van der Waals surface area contributed by atoms with Gasteiger partial charge in [-0.1, -0.05) is 45.8 Å². The minimum absolute atomic E-state index is 0.0456. The van der Waals surface area contributed by atoms with Gasteiger partial charge in [0.25, 0.3) is 0 Å². The van der Waals surface area contributed by atoms with Crippen molar-refractivity contribution in [3.05, 3.63) is 23.3 Å². The quantitative estimate of drug-likeness (QED) is 0.275. The third kappa shape index (κ3) is 4.90. The summed E-state index contributed by atoms with van der Waals surface area (Å²) in [7, 11) is 3.85. The van der Waals surface area contributed by atoms with Gasteiger partial charge in [-0.2, -0.15) is 0 Å². The van der Waals surface area contributed by atoms with Crippen LogP contribution in [0.5, 0.6) is 0 Å². The summed E-state index contributed by atoms with van der Waals surface area (Å²) in [6.07, 6.45) is 17.7. The highest BCUT2D eigenvalue weighted by atomic mass is 16.2. The normalized spacial score (nSPS) is 47.5. The van der Waals surface area contributed by atoms with Gasteiger partial charge < -0.3 is 9.80 Å². The number of ketones is 2. The average Bonchev–Trinajstić information content (AvgIpc) is 3.43. The first-order chi connectivity index (χ1) is 22.1. The van der Waals surface area contributed by atoms with Crippen LogP contribution in [0.1, 0.15) is 118 Å². The van der Waals surface area contributed by atoms with E-state index >= 15 is 0 Å². The first kappa shape index (κ1) is 33.3. The van der Waals surface area contributed by atoms with Crippen LogP contribution in [0.2, 0.25) is 0 Å². The lowest BCUT2D eigenvalue weighted by molar-refractivity contribution is -0.133. The number of amides is 2. The van der Waals surface area contributed by atoms with Gasteiger partial charge in [0, 0.05) is 63.0 Å². The molecule has 6 nitrogen and oxygen atoms in total. The SMILES string of the molecule is CC1C[C@@H]2[C@H](CC[C@]3(C)C(=O)CC[C@@H]23)[C@@]2(C)CCN(C)C(=O)C=C12.CN1CC[C@@]2(C)C(=CC1=O)CC[C@@H]1[C@@H]2CC[C@]2(C)C(=O)CC[C@@H]12. The largest absolute Gasteiger partial charge is 0.342 e. The van der Waals surface area contributed by atoms with Gasteiger partial charge in [-0.3, -0.25) is 19.2 Å². The zero-order valence-electron chi connectivity index (χ0n) is 30.3. The summed E-state index contributed by atoms with van der Waals surface area (Å²) < 4.78 is 0. The van der Waals surface area contributed by atoms with Crippen LogP contribution in [0.25, 0.3) is 0 Å². The predicted octanol–water partition coefficient (Wildman–Crippen LogP) is 7.42. The number of rotatable bonds is 0. The molecule has 6 saturated carbocycles. The third-order valence-corrected chi connectivity index (χ3v) is 16.5. The zero-order valence-corrected chi connectivity index (χ0v) is 30.3. The Kier molecular flexibility index (Phi) is 8.07. The van der Waals surface area contributed by atoms with Crippen molar-refractivity contribution in [1.82, 2.24) is 9.80 Å². The van der Waals surface area contributed by atoms with Gasteiger partial charge in [-0.25, -0.2) is 0 Å². The molecule has 2 heterocycles. The third-order valence-electron chi connectivity index (χ3n) is 16.5. The maximum absolute atomic E-state index is 12.5. The molecule has 0 saturated heterocycles. The van der Waals surface area contributed by atoms with Gasteiger partial charge in [0.2, 0.25) is 11.8 Å². The molecule has 0 N–H and O–H groups in total. The van der Waals surface area contributed by atoms with Gasteiger partial charge in [-0.15, -0.1) is 0 Å². The van der Waals surface area contributed by atoms with Crippen LogP contribution in [-0.4, -0.2) is 60.4 Å². The maximum atomic E-state index is 12.5. The Hall–Kier alpha value is -2.24. The zero-order chi connectivity index (χ0) is 33.7. The van der Waals surface area contributed by atoms with E-state index in [0.29, 0.717) is 53.0 Å². The van der Waals surface area contributed by atoms with Crippen LogP contribution >= 0.6 is 0 Å². The Labute approximate surface area is 283 Å². The first-order valence-electron chi connectivity index (χ1n) is 19.1. The van der Waals surface area contributed by atoms with Crippen molar-refractivity contribution in [2.24, 2.45) is 63.1 Å². The number of fused-ring (bicyclic) bond motifs is 10.